The summed E-state index contributed by atoms with van der Waals surface area (Å²) in [5.74, 6) is 0. The average molecular weight is 375 g/mol. The molecular weight excluding hydrogens is 357 g/mol. The molecule has 0 aliphatic heterocycles. The van der Waals surface area contributed by atoms with Crippen LogP contribution in [0.3, 0.4) is 0 Å². The summed E-state index contributed by atoms with van der Waals surface area (Å²) in [5.41, 5.74) is 1.71. The lowest BCUT2D eigenvalue weighted by Gasteiger charge is -2.19. The molecule has 3 rings (SSSR count). The van der Waals surface area contributed by atoms with Gasteiger partial charge < -0.3 is 4.57 Å². The van der Waals surface area contributed by atoms with Crippen molar-refractivity contribution < 1.29 is 14.2 Å². The van der Waals surface area contributed by atoms with Gasteiger partial charge in [-0.05, 0) is 37.1 Å². The lowest BCUT2D eigenvalue weighted by atomic mass is 10.1. The molecule has 0 saturated heterocycles. The zero-order valence-electron chi connectivity index (χ0n) is 15.0. The number of carbonyl (C=O) groups is 1. The highest BCUT2D eigenvalue weighted by molar-refractivity contribution is 7.93. The maximum atomic E-state index is 14.1. The van der Waals surface area contributed by atoms with Crippen LogP contribution in [-0.2, 0) is 9.36 Å². The molecule has 0 unspecified atom stereocenters. The highest BCUT2D eigenvalue weighted by Crippen LogP contribution is 2.47. The summed E-state index contributed by atoms with van der Waals surface area (Å²) in [6.45, 7) is 3.52. The molecule has 0 aliphatic carbocycles. The van der Waals surface area contributed by atoms with Crippen LogP contribution in [0, 0.1) is 13.8 Å². The van der Waals surface area contributed by atoms with E-state index in [1.54, 1.807) is 74.5 Å². The van der Waals surface area contributed by atoms with E-state index >= 15 is 0 Å². The van der Waals surface area contributed by atoms with Gasteiger partial charge in [-0.1, -0.05) is 60.7 Å². The molecule has 0 heterocycles. The summed E-state index contributed by atoms with van der Waals surface area (Å²) in [4.78, 5) is 27.8. The molecule has 5 heteroatoms. The van der Waals surface area contributed by atoms with Crippen molar-refractivity contribution >= 4 is 35.0 Å². The van der Waals surface area contributed by atoms with Crippen LogP contribution in [-0.4, -0.2) is 11.6 Å². The molecule has 0 fully saturated rings. The van der Waals surface area contributed by atoms with Crippen LogP contribution in [0.25, 0.3) is 0 Å². The Kier molecular flexibility index (Phi) is 5.32. The van der Waals surface area contributed by atoms with Crippen LogP contribution in [0.15, 0.2) is 77.8 Å². The van der Waals surface area contributed by atoms with Crippen LogP contribution in [0.4, 0.5) is 5.69 Å². The molecule has 0 amide bonds. The monoisotopic (exact) mass is 375 g/mol. The highest BCUT2D eigenvalue weighted by Gasteiger charge is 2.36. The zero-order valence-corrected chi connectivity index (χ0v) is 15.9. The fourth-order valence-electron chi connectivity index (χ4n) is 3.14. The van der Waals surface area contributed by atoms with Gasteiger partial charge in [0.15, 0.2) is 0 Å². The van der Waals surface area contributed by atoms with Crippen LogP contribution in [0.1, 0.15) is 21.5 Å². The molecule has 0 saturated carbocycles. The molecule has 0 aromatic heterocycles. The first-order chi connectivity index (χ1) is 13.0. The number of aliphatic imine (C=N–C) groups is 1. The summed E-state index contributed by atoms with van der Waals surface area (Å²) in [6, 6.07) is 20.9. The van der Waals surface area contributed by atoms with E-state index in [4.69, 9.17) is 0 Å². The Bertz CT molecular complexity index is 1020. The fourth-order valence-corrected chi connectivity index (χ4v) is 5.59. The quantitative estimate of drug-likeness (QED) is 0.377. The Morgan fingerprint density at radius 2 is 1.30 bits per heavy atom. The van der Waals surface area contributed by atoms with Gasteiger partial charge in [0.1, 0.15) is 0 Å². The maximum Gasteiger partial charge on any atom is 0.240 e. The Labute approximate surface area is 158 Å². The number of rotatable bonds is 5. The lowest BCUT2D eigenvalue weighted by molar-refractivity contribution is 0.107. The Hall–Kier alpha value is -3.06. The van der Waals surface area contributed by atoms with Gasteiger partial charge in [-0.3, -0.25) is 4.79 Å². The van der Waals surface area contributed by atoms with Crippen molar-refractivity contribution in [3.8, 4) is 0 Å². The Balaban J connectivity index is 2.22. The van der Waals surface area contributed by atoms with Crippen molar-refractivity contribution in [2.24, 2.45) is 4.99 Å². The van der Waals surface area contributed by atoms with E-state index in [9.17, 15) is 14.2 Å². The molecule has 0 radical (unpaired) electrons. The number of aryl methyl sites for hydroxylation is 2. The fraction of sp³-hybridized carbons (Fsp3) is 0.0909. The Morgan fingerprint density at radius 3 is 1.70 bits per heavy atom. The van der Waals surface area contributed by atoms with Crippen LogP contribution in [0.5, 0.6) is 0 Å². The smallest absolute Gasteiger partial charge is 0.240 e. The van der Waals surface area contributed by atoms with Crippen molar-refractivity contribution in [2.75, 3.05) is 0 Å². The van der Waals surface area contributed by atoms with E-state index in [-0.39, 0.29) is 0 Å². The van der Waals surface area contributed by atoms with Crippen molar-refractivity contribution in [1.29, 1.82) is 0 Å². The van der Waals surface area contributed by atoms with Gasteiger partial charge in [0, 0.05) is 16.2 Å². The van der Waals surface area contributed by atoms with Crippen LogP contribution < -0.4 is 10.6 Å². The van der Waals surface area contributed by atoms with E-state index in [2.05, 4.69) is 4.99 Å². The molecular formula is C22H18NO3P. The number of benzene rings is 3. The number of isocyanates is 1. The van der Waals surface area contributed by atoms with Crippen LogP contribution in [0.2, 0.25) is 0 Å². The van der Waals surface area contributed by atoms with E-state index < -0.39 is 12.7 Å². The van der Waals surface area contributed by atoms with Gasteiger partial charge in [0.05, 0.1) is 5.69 Å². The van der Waals surface area contributed by atoms with Gasteiger partial charge in [-0.25, -0.2) is 4.79 Å². The number of carbonyl (C=O) groups excluding carboxylic acids is 2. The van der Waals surface area contributed by atoms with Crippen molar-refractivity contribution in [2.45, 2.75) is 13.8 Å². The number of hydrogen-bond donors (Lipinski definition) is 0. The molecule has 4 nitrogen and oxygen atoms in total. The second-order valence-corrected chi connectivity index (χ2v) is 8.90. The topological polar surface area (TPSA) is 63.6 Å². The first kappa shape index (κ1) is 18.7. The summed E-state index contributed by atoms with van der Waals surface area (Å²) < 4.78 is 14.1. The number of nitrogens with zero attached hydrogens (tertiary/aromatic N) is 1. The third kappa shape index (κ3) is 3.46. The predicted molar refractivity (Wildman–Crippen MR) is 108 cm³/mol. The lowest BCUT2D eigenvalue weighted by Crippen LogP contribution is -2.22. The van der Waals surface area contributed by atoms with E-state index in [1.165, 1.54) is 6.08 Å². The van der Waals surface area contributed by atoms with Crippen molar-refractivity contribution in [3.63, 3.8) is 0 Å². The molecule has 0 atom stereocenters. The van der Waals surface area contributed by atoms with Gasteiger partial charge in [-0.15, -0.1) is 0 Å². The SMILES string of the molecule is Cc1cc(C(=O)P(=O)(c2ccccc2)c2ccccc2)cc(C)c1N=C=O. The minimum atomic E-state index is -3.55. The van der Waals surface area contributed by atoms with Gasteiger partial charge in [-0.2, -0.15) is 4.99 Å². The standard InChI is InChI=1S/C22H18NO3P/c1-16-13-18(14-17(2)21(16)23-15-24)22(25)27(26,19-9-5-3-6-10-19)20-11-7-4-8-12-20/h3-14H,1-2H3. The van der Waals surface area contributed by atoms with E-state index in [0.29, 0.717) is 33.0 Å². The van der Waals surface area contributed by atoms with Gasteiger partial charge in [0.2, 0.25) is 18.7 Å². The van der Waals surface area contributed by atoms with Crippen molar-refractivity contribution in [3.05, 3.63) is 89.5 Å². The zero-order chi connectivity index (χ0) is 19.4. The average Bonchev–Trinajstić information content (AvgIpc) is 2.70. The first-order valence-corrected chi connectivity index (χ1v) is 10.1. The molecule has 0 aliphatic rings. The molecule has 0 N–H and O–H groups in total. The summed E-state index contributed by atoms with van der Waals surface area (Å²) in [6.07, 6.45) is 1.53. The highest BCUT2D eigenvalue weighted by atomic mass is 31.2. The number of hydrogen-bond acceptors (Lipinski definition) is 4. The minimum Gasteiger partial charge on any atom is -0.305 e. The summed E-state index contributed by atoms with van der Waals surface area (Å²) in [5, 5.41) is 0.984. The first-order valence-electron chi connectivity index (χ1n) is 8.43. The second kappa shape index (κ2) is 7.67. The van der Waals surface area contributed by atoms with Gasteiger partial charge >= 0.3 is 0 Å². The van der Waals surface area contributed by atoms with E-state index in [0.717, 1.165) is 0 Å². The van der Waals surface area contributed by atoms with E-state index in [1.807, 2.05) is 12.1 Å². The Morgan fingerprint density at radius 1 is 0.852 bits per heavy atom. The third-order valence-corrected chi connectivity index (χ3v) is 7.30. The largest absolute Gasteiger partial charge is 0.305 e. The maximum absolute atomic E-state index is 14.1. The normalized spacial score (nSPS) is 10.9. The second-order valence-electron chi connectivity index (χ2n) is 6.25. The van der Waals surface area contributed by atoms with Crippen molar-refractivity contribution in [1.82, 2.24) is 0 Å². The molecule has 0 bridgehead atoms. The molecule has 3 aromatic carbocycles. The minimum absolute atomic E-state index is 0.339. The van der Waals surface area contributed by atoms with Crippen LogP contribution >= 0.6 is 7.14 Å². The molecule has 0 spiro atoms. The molecule has 27 heavy (non-hydrogen) atoms. The molecule has 3 aromatic rings. The summed E-state index contributed by atoms with van der Waals surface area (Å²) in [7, 11) is -3.55. The third-order valence-electron chi connectivity index (χ3n) is 4.42. The summed E-state index contributed by atoms with van der Waals surface area (Å²) >= 11 is 0. The molecule has 134 valence electrons. The van der Waals surface area contributed by atoms with Gasteiger partial charge in [0.25, 0.3) is 0 Å². The predicted octanol–water partition coefficient (Wildman–Crippen LogP) is 4.43.